The van der Waals surface area contributed by atoms with Gasteiger partial charge in [-0.05, 0) is 0 Å². The Labute approximate surface area is 54.6 Å². The summed E-state index contributed by atoms with van der Waals surface area (Å²) < 4.78 is 21.1. The van der Waals surface area contributed by atoms with Crippen LogP contribution in [-0.4, -0.2) is 26.2 Å². The van der Waals surface area contributed by atoms with Gasteiger partial charge in [-0.3, -0.25) is 0 Å². The lowest BCUT2D eigenvalue weighted by Gasteiger charge is -2.02. The molecule has 1 atom stereocenters. The molecule has 0 aliphatic carbocycles. The molecule has 0 aromatic heterocycles. The van der Waals surface area contributed by atoms with Gasteiger partial charge in [-0.2, -0.15) is 0 Å². The van der Waals surface area contributed by atoms with Gasteiger partial charge in [0.2, 0.25) is 5.44 Å². The van der Waals surface area contributed by atoms with Crippen LogP contribution in [0.5, 0.6) is 0 Å². The second-order valence-electron chi connectivity index (χ2n) is 1.62. The van der Waals surface area contributed by atoms with Crippen LogP contribution in [0.25, 0.3) is 0 Å². The lowest BCUT2D eigenvalue weighted by atomic mass is 10.7. The maximum absolute atomic E-state index is 10.5. The average molecular weight is 152 g/mol. The summed E-state index contributed by atoms with van der Waals surface area (Å²) in [6, 6.07) is 0. The van der Waals surface area contributed by atoms with Crippen LogP contribution in [0.1, 0.15) is 6.92 Å². The van der Waals surface area contributed by atoms with Gasteiger partial charge < -0.3 is 5.73 Å². The van der Waals surface area contributed by atoms with E-state index < -0.39 is 15.3 Å². The van der Waals surface area contributed by atoms with Crippen LogP contribution in [0, 0.1) is 0 Å². The van der Waals surface area contributed by atoms with Crippen molar-refractivity contribution in [3.8, 4) is 0 Å². The molecule has 4 nitrogen and oxygen atoms in total. The quantitative estimate of drug-likeness (QED) is 0.571. The highest BCUT2D eigenvalue weighted by Crippen LogP contribution is 1.95. The van der Waals surface area contributed by atoms with Crippen molar-refractivity contribution >= 4 is 9.84 Å². The zero-order valence-corrected chi connectivity index (χ0v) is 6.02. The molecule has 0 saturated heterocycles. The number of hydrogen-bond acceptors (Lipinski definition) is 3. The third-order valence-electron chi connectivity index (χ3n) is 0.995. The van der Waals surface area contributed by atoms with E-state index >= 15 is 0 Å². The van der Waals surface area contributed by atoms with Gasteiger partial charge >= 0.3 is 0 Å². The summed E-state index contributed by atoms with van der Waals surface area (Å²) in [6.45, 7) is 1.09. The molecule has 55 valence electrons. The SMILES string of the molecule is CCS(=O)(=O)C([O])CN. The minimum Gasteiger partial charge on any atom is -0.327 e. The zero-order chi connectivity index (χ0) is 7.49. The van der Waals surface area contributed by atoms with Crippen LogP contribution in [0.15, 0.2) is 0 Å². The summed E-state index contributed by atoms with van der Waals surface area (Å²) in [4.78, 5) is 0. The Morgan fingerprint density at radius 2 is 2.00 bits per heavy atom. The van der Waals surface area contributed by atoms with Crippen molar-refractivity contribution in [3.05, 3.63) is 0 Å². The molecule has 2 N–H and O–H groups in total. The molecule has 0 spiro atoms. The first-order chi connectivity index (χ1) is 4.04. The summed E-state index contributed by atoms with van der Waals surface area (Å²) in [6.07, 6.45) is 0. The second-order valence-corrected chi connectivity index (χ2v) is 4.05. The summed E-state index contributed by atoms with van der Waals surface area (Å²) in [5, 5.41) is 10.4. The Morgan fingerprint density at radius 1 is 1.56 bits per heavy atom. The minimum atomic E-state index is -3.43. The highest BCUT2D eigenvalue weighted by Gasteiger charge is 2.19. The molecule has 5 heteroatoms. The third kappa shape index (κ3) is 2.30. The molecule has 1 radical (unpaired) electrons. The van der Waals surface area contributed by atoms with Crippen LogP contribution in [0.4, 0.5) is 0 Å². The van der Waals surface area contributed by atoms with Gasteiger partial charge in [-0.15, -0.1) is 0 Å². The van der Waals surface area contributed by atoms with Crippen molar-refractivity contribution in [2.75, 3.05) is 12.3 Å². The van der Waals surface area contributed by atoms with Gasteiger partial charge in [-0.1, -0.05) is 6.92 Å². The van der Waals surface area contributed by atoms with Crippen molar-refractivity contribution in [1.82, 2.24) is 0 Å². The molecule has 0 aliphatic heterocycles. The topological polar surface area (TPSA) is 80.1 Å². The van der Waals surface area contributed by atoms with Gasteiger partial charge in [0.1, 0.15) is 0 Å². The molecule has 0 saturated carbocycles. The fraction of sp³-hybridized carbons (Fsp3) is 1.00. The number of sulfone groups is 1. The van der Waals surface area contributed by atoms with Gasteiger partial charge in [-0.25, -0.2) is 13.5 Å². The summed E-state index contributed by atoms with van der Waals surface area (Å²) in [7, 11) is -3.43. The first-order valence-corrected chi connectivity index (χ1v) is 4.33. The molecule has 0 bridgehead atoms. The van der Waals surface area contributed by atoms with Crippen LogP contribution >= 0.6 is 0 Å². The zero-order valence-electron chi connectivity index (χ0n) is 5.20. The van der Waals surface area contributed by atoms with E-state index in [2.05, 4.69) is 0 Å². The Balaban J connectivity index is 4.17. The first-order valence-electron chi connectivity index (χ1n) is 2.62. The maximum Gasteiger partial charge on any atom is 0.205 e. The van der Waals surface area contributed by atoms with Crippen LogP contribution in [0.2, 0.25) is 0 Å². The molecular formula is C4H10NO3S. The van der Waals surface area contributed by atoms with E-state index in [1.54, 1.807) is 0 Å². The van der Waals surface area contributed by atoms with Crippen molar-refractivity contribution in [3.63, 3.8) is 0 Å². The standard InChI is InChI=1S/C4H10NO3S/c1-2-9(7,8)4(6)3-5/h4H,2-3,5H2,1H3. The van der Waals surface area contributed by atoms with Gasteiger partial charge in [0.15, 0.2) is 9.84 Å². The fourth-order valence-corrected chi connectivity index (χ4v) is 0.998. The molecule has 1 unspecified atom stereocenters. The second kappa shape index (κ2) is 3.14. The van der Waals surface area contributed by atoms with E-state index in [1.807, 2.05) is 0 Å². The summed E-state index contributed by atoms with van der Waals surface area (Å²) in [5.74, 6) is -0.127. The highest BCUT2D eigenvalue weighted by molar-refractivity contribution is 7.91. The normalized spacial score (nSPS) is 15.4. The highest BCUT2D eigenvalue weighted by atomic mass is 32.2. The van der Waals surface area contributed by atoms with E-state index in [0.29, 0.717) is 0 Å². The molecule has 0 rings (SSSR count). The molecule has 0 aromatic rings. The molecule has 0 aliphatic rings. The molecule has 0 heterocycles. The van der Waals surface area contributed by atoms with Crippen molar-refractivity contribution in [2.45, 2.75) is 12.4 Å². The average Bonchev–Trinajstić information content (AvgIpc) is 1.86. The van der Waals surface area contributed by atoms with Crippen molar-refractivity contribution in [1.29, 1.82) is 0 Å². The minimum absolute atomic E-state index is 0.127. The smallest absolute Gasteiger partial charge is 0.205 e. The van der Waals surface area contributed by atoms with Gasteiger partial charge in [0.05, 0.1) is 5.75 Å². The van der Waals surface area contributed by atoms with E-state index in [1.165, 1.54) is 6.92 Å². The van der Waals surface area contributed by atoms with E-state index in [-0.39, 0.29) is 12.3 Å². The van der Waals surface area contributed by atoms with E-state index in [4.69, 9.17) is 5.73 Å². The van der Waals surface area contributed by atoms with Crippen molar-refractivity contribution in [2.24, 2.45) is 5.73 Å². The molecule has 9 heavy (non-hydrogen) atoms. The molecular weight excluding hydrogens is 142 g/mol. The van der Waals surface area contributed by atoms with E-state index in [0.717, 1.165) is 0 Å². The Hall–Kier alpha value is -0.130. The fourth-order valence-electron chi connectivity index (χ4n) is 0.333. The van der Waals surface area contributed by atoms with Gasteiger partial charge in [0.25, 0.3) is 0 Å². The van der Waals surface area contributed by atoms with E-state index in [9.17, 15) is 13.5 Å². The number of rotatable bonds is 3. The van der Waals surface area contributed by atoms with Crippen molar-refractivity contribution < 1.29 is 13.5 Å². The number of nitrogens with two attached hydrogens (primary N) is 1. The Kier molecular flexibility index (Phi) is 3.10. The molecule has 0 fully saturated rings. The lowest BCUT2D eigenvalue weighted by molar-refractivity contribution is 0.161. The maximum atomic E-state index is 10.5. The lowest BCUT2D eigenvalue weighted by Crippen LogP contribution is -2.29. The molecule has 0 amide bonds. The Morgan fingerprint density at radius 3 is 2.11 bits per heavy atom. The summed E-state index contributed by atoms with van der Waals surface area (Å²) >= 11 is 0. The third-order valence-corrected chi connectivity index (χ3v) is 2.79. The largest absolute Gasteiger partial charge is 0.327 e. The first kappa shape index (κ1) is 8.87. The van der Waals surface area contributed by atoms with Crippen LogP contribution < -0.4 is 5.73 Å². The molecule has 0 aromatic carbocycles. The predicted octanol–water partition coefficient (Wildman–Crippen LogP) is -0.864. The predicted molar refractivity (Wildman–Crippen MR) is 33.0 cm³/mol. The van der Waals surface area contributed by atoms with Crippen LogP contribution in [-0.2, 0) is 14.9 Å². The summed E-state index contributed by atoms with van der Waals surface area (Å²) in [5.41, 5.74) is 3.21. The Bertz CT molecular complexity index is 163. The monoisotopic (exact) mass is 152 g/mol. The number of hydrogen-bond donors (Lipinski definition) is 1. The van der Waals surface area contributed by atoms with Crippen LogP contribution in [0.3, 0.4) is 0 Å². The van der Waals surface area contributed by atoms with Gasteiger partial charge in [0, 0.05) is 6.54 Å².